The lowest BCUT2D eigenvalue weighted by Crippen LogP contribution is -2.16. The molecule has 0 fully saturated rings. The van der Waals surface area contributed by atoms with Gasteiger partial charge in [0.1, 0.15) is 6.61 Å². The lowest BCUT2D eigenvalue weighted by Gasteiger charge is -2.06. The van der Waals surface area contributed by atoms with Crippen molar-refractivity contribution in [2.45, 2.75) is 13.3 Å². The number of likely N-dealkylation sites (N-methyl/N-ethyl adjacent to an activating group) is 1. The largest absolute Gasteiger partial charge is 0.478 e. The fourth-order valence-corrected chi connectivity index (χ4v) is 0.926. The van der Waals surface area contributed by atoms with Gasteiger partial charge in [-0.1, -0.05) is 6.92 Å². The molecule has 0 bridgehead atoms. The fourth-order valence-electron chi connectivity index (χ4n) is 0.926. The Kier molecular flexibility index (Phi) is 5.47. The molecule has 1 aromatic heterocycles. The van der Waals surface area contributed by atoms with Crippen LogP contribution in [0.3, 0.4) is 0 Å². The van der Waals surface area contributed by atoms with Gasteiger partial charge in [0.15, 0.2) is 0 Å². The minimum Gasteiger partial charge on any atom is -0.478 e. The first-order valence-corrected chi connectivity index (χ1v) is 5.10. The summed E-state index contributed by atoms with van der Waals surface area (Å²) in [6.45, 7) is 4.02. The molecule has 0 atom stereocenters. The van der Waals surface area contributed by atoms with E-state index in [2.05, 4.69) is 15.3 Å². The quantitative estimate of drug-likeness (QED) is 0.678. The van der Waals surface area contributed by atoms with E-state index in [1.807, 2.05) is 14.0 Å². The Labute approximate surface area is 89.8 Å². The summed E-state index contributed by atoms with van der Waals surface area (Å²) in [5.41, 5.74) is 0. The van der Waals surface area contributed by atoms with E-state index in [9.17, 15) is 0 Å². The third-order valence-corrected chi connectivity index (χ3v) is 1.65. The first-order chi connectivity index (χ1) is 7.36. The van der Waals surface area contributed by atoms with Gasteiger partial charge in [-0.25, -0.2) is 4.98 Å². The van der Waals surface area contributed by atoms with Crippen molar-refractivity contribution in [1.82, 2.24) is 15.3 Å². The zero-order chi connectivity index (χ0) is 10.9. The normalized spacial score (nSPS) is 10.0. The molecule has 0 aromatic carbocycles. The van der Waals surface area contributed by atoms with Gasteiger partial charge in [0.2, 0.25) is 5.88 Å². The van der Waals surface area contributed by atoms with Gasteiger partial charge >= 0.3 is 6.01 Å². The second-order valence-corrected chi connectivity index (χ2v) is 2.98. The van der Waals surface area contributed by atoms with Crippen molar-refractivity contribution in [2.24, 2.45) is 0 Å². The molecule has 0 saturated heterocycles. The van der Waals surface area contributed by atoms with Crippen molar-refractivity contribution in [3.05, 3.63) is 12.3 Å². The van der Waals surface area contributed by atoms with Gasteiger partial charge in [-0.3, -0.25) is 0 Å². The summed E-state index contributed by atoms with van der Waals surface area (Å²) in [7, 11) is 1.87. The molecular formula is C10H17N3O2. The predicted octanol–water partition coefficient (Wildman–Crippen LogP) is 0.864. The molecule has 1 heterocycles. The van der Waals surface area contributed by atoms with E-state index in [1.165, 1.54) is 0 Å². The third kappa shape index (κ3) is 4.60. The summed E-state index contributed by atoms with van der Waals surface area (Å²) in [5, 5.41) is 2.98. The summed E-state index contributed by atoms with van der Waals surface area (Å²) >= 11 is 0. The van der Waals surface area contributed by atoms with Gasteiger partial charge in [-0.15, -0.1) is 0 Å². The highest BCUT2D eigenvalue weighted by Crippen LogP contribution is 2.09. The van der Waals surface area contributed by atoms with Crippen molar-refractivity contribution < 1.29 is 9.47 Å². The van der Waals surface area contributed by atoms with Crippen LogP contribution in [-0.4, -0.2) is 36.8 Å². The lowest BCUT2D eigenvalue weighted by atomic mass is 10.5. The Morgan fingerprint density at radius 3 is 2.93 bits per heavy atom. The molecular weight excluding hydrogens is 194 g/mol. The lowest BCUT2D eigenvalue weighted by molar-refractivity contribution is 0.271. The second-order valence-electron chi connectivity index (χ2n) is 2.98. The average molecular weight is 211 g/mol. The SMILES string of the molecule is CCCOc1ccnc(OCCNC)n1. The summed E-state index contributed by atoms with van der Waals surface area (Å²) in [6, 6.07) is 2.08. The maximum atomic E-state index is 5.36. The molecule has 0 radical (unpaired) electrons. The molecule has 0 aliphatic carbocycles. The Morgan fingerprint density at radius 2 is 2.20 bits per heavy atom. The summed E-state index contributed by atoms with van der Waals surface area (Å²) in [6.07, 6.45) is 2.59. The number of ether oxygens (including phenoxy) is 2. The Bertz CT molecular complexity index is 281. The maximum absolute atomic E-state index is 5.36. The smallest absolute Gasteiger partial charge is 0.319 e. The second kappa shape index (κ2) is 7.00. The molecule has 0 saturated carbocycles. The number of aromatic nitrogens is 2. The molecule has 0 unspecified atom stereocenters. The van der Waals surface area contributed by atoms with E-state index in [0.29, 0.717) is 25.1 Å². The van der Waals surface area contributed by atoms with Crippen molar-refractivity contribution in [2.75, 3.05) is 26.8 Å². The highest BCUT2D eigenvalue weighted by Gasteiger charge is 2.00. The number of rotatable bonds is 7. The van der Waals surface area contributed by atoms with Gasteiger partial charge in [0, 0.05) is 18.8 Å². The Hall–Kier alpha value is -1.36. The van der Waals surface area contributed by atoms with Crippen LogP contribution in [0.25, 0.3) is 0 Å². The Morgan fingerprint density at radius 1 is 1.33 bits per heavy atom. The number of hydrogen-bond acceptors (Lipinski definition) is 5. The standard InChI is InChI=1S/C10H17N3O2/c1-3-7-14-9-4-5-12-10(13-9)15-8-6-11-2/h4-5,11H,3,6-8H2,1-2H3. The van der Waals surface area contributed by atoms with Crippen molar-refractivity contribution >= 4 is 0 Å². The van der Waals surface area contributed by atoms with Crippen LogP contribution in [-0.2, 0) is 0 Å². The van der Waals surface area contributed by atoms with E-state index in [0.717, 1.165) is 13.0 Å². The van der Waals surface area contributed by atoms with Crippen molar-refractivity contribution in [1.29, 1.82) is 0 Å². The van der Waals surface area contributed by atoms with Crippen LogP contribution in [0.1, 0.15) is 13.3 Å². The van der Waals surface area contributed by atoms with E-state index in [4.69, 9.17) is 9.47 Å². The molecule has 84 valence electrons. The monoisotopic (exact) mass is 211 g/mol. The first kappa shape index (κ1) is 11.7. The molecule has 0 aliphatic heterocycles. The highest BCUT2D eigenvalue weighted by atomic mass is 16.5. The highest BCUT2D eigenvalue weighted by molar-refractivity contribution is 5.10. The van der Waals surface area contributed by atoms with Crippen LogP contribution in [0, 0.1) is 0 Å². The van der Waals surface area contributed by atoms with Gasteiger partial charge in [-0.2, -0.15) is 4.98 Å². The topological polar surface area (TPSA) is 56.3 Å². The molecule has 1 aromatic rings. The van der Waals surface area contributed by atoms with Crippen LogP contribution in [0.15, 0.2) is 12.3 Å². The zero-order valence-electron chi connectivity index (χ0n) is 9.19. The molecule has 0 amide bonds. The van der Waals surface area contributed by atoms with E-state index in [-0.39, 0.29) is 0 Å². The van der Waals surface area contributed by atoms with Crippen LogP contribution in [0.2, 0.25) is 0 Å². The van der Waals surface area contributed by atoms with E-state index in [1.54, 1.807) is 12.3 Å². The van der Waals surface area contributed by atoms with Crippen molar-refractivity contribution in [3.63, 3.8) is 0 Å². The number of nitrogens with one attached hydrogen (secondary N) is 1. The number of nitrogens with zero attached hydrogens (tertiary/aromatic N) is 2. The van der Waals surface area contributed by atoms with Gasteiger partial charge in [0.05, 0.1) is 6.61 Å². The van der Waals surface area contributed by atoms with Crippen LogP contribution in [0.5, 0.6) is 11.9 Å². The molecule has 5 nitrogen and oxygen atoms in total. The molecule has 0 spiro atoms. The average Bonchev–Trinajstić information content (AvgIpc) is 2.27. The minimum atomic E-state index is 0.360. The van der Waals surface area contributed by atoms with Gasteiger partial charge in [0.25, 0.3) is 0 Å². The van der Waals surface area contributed by atoms with Crippen LogP contribution in [0.4, 0.5) is 0 Å². The van der Waals surface area contributed by atoms with E-state index >= 15 is 0 Å². The van der Waals surface area contributed by atoms with Gasteiger partial charge < -0.3 is 14.8 Å². The fraction of sp³-hybridized carbons (Fsp3) is 0.600. The summed E-state index contributed by atoms with van der Waals surface area (Å²) in [5.74, 6) is 0.561. The van der Waals surface area contributed by atoms with Gasteiger partial charge in [-0.05, 0) is 13.5 Å². The molecule has 0 aliphatic rings. The predicted molar refractivity (Wildman–Crippen MR) is 57.2 cm³/mol. The summed E-state index contributed by atoms with van der Waals surface area (Å²) < 4.78 is 10.7. The van der Waals surface area contributed by atoms with Crippen molar-refractivity contribution in [3.8, 4) is 11.9 Å². The molecule has 1 N–H and O–H groups in total. The molecule has 1 rings (SSSR count). The maximum Gasteiger partial charge on any atom is 0.319 e. The Balaban J connectivity index is 2.42. The number of hydrogen-bond donors (Lipinski definition) is 1. The minimum absolute atomic E-state index is 0.360. The third-order valence-electron chi connectivity index (χ3n) is 1.65. The summed E-state index contributed by atoms with van der Waals surface area (Å²) in [4.78, 5) is 8.08. The first-order valence-electron chi connectivity index (χ1n) is 5.10. The van der Waals surface area contributed by atoms with Crippen LogP contribution >= 0.6 is 0 Å². The zero-order valence-corrected chi connectivity index (χ0v) is 9.19. The van der Waals surface area contributed by atoms with Crippen LogP contribution < -0.4 is 14.8 Å². The van der Waals surface area contributed by atoms with E-state index < -0.39 is 0 Å². The molecule has 5 heteroatoms. The molecule has 15 heavy (non-hydrogen) atoms.